The predicted octanol–water partition coefficient (Wildman–Crippen LogP) is 2.51. The van der Waals surface area contributed by atoms with Gasteiger partial charge >= 0.3 is 0 Å². The van der Waals surface area contributed by atoms with Gasteiger partial charge in [0.2, 0.25) is 0 Å². The minimum absolute atomic E-state index is 0.0508. The Labute approximate surface area is 110 Å². The fourth-order valence-corrected chi connectivity index (χ4v) is 2.01. The number of Topliss-reactive ketones (excluding diaryl/α,β-unsaturated/α-hetero) is 1. The summed E-state index contributed by atoms with van der Waals surface area (Å²) in [7, 11) is 3.31. The van der Waals surface area contributed by atoms with Gasteiger partial charge in [0, 0.05) is 13.5 Å². The van der Waals surface area contributed by atoms with Crippen LogP contribution in [0, 0.1) is 0 Å². The summed E-state index contributed by atoms with van der Waals surface area (Å²) in [4.78, 5) is 12.1. The molecular formula is C13H13ClN2O2. The minimum Gasteiger partial charge on any atom is -0.497 e. The lowest BCUT2D eigenvalue weighted by Crippen LogP contribution is -2.10. The first-order valence-corrected chi connectivity index (χ1v) is 5.83. The highest BCUT2D eigenvalue weighted by Gasteiger charge is 2.15. The van der Waals surface area contributed by atoms with Crippen molar-refractivity contribution in [3.63, 3.8) is 0 Å². The van der Waals surface area contributed by atoms with Crippen LogP contribution in [-0.2, 0) is 13.5 Å². The van der Waals surface area contributed by atoms with Crippen molar-refractivity contribution >= 4 is 17.4 Å². The van der Waals surface area contributed by atoms with E-state index in [4.69, 9.17) is 16.3 Å². The molecule has 0 spiro atoms. The lowest BCUT2D eigenvalue weighted by atomic mass is 10.1. The number of nitrogens with zero attached hydrogens (tertiary/aromatic N) is 2. The number of halogens is 1. The molecular weight excluding hydrogens is 252 g/mol. The number of aryl methyl sites for hydroxylation is 1. The van der Waals surface area contributed by atoms with Crippen LogP contribution in [0.3, 0.4) is 0 Å². The smallest absolute Gasteiger partial charge is 0.186 e. The van der Waals surface area contributed by atoms with Gasteiger partial charge < -0.3 is 4.74 Å². The summed E-state index contributed by atoms with van der Waals surface area (Å²) in [6.07, 6.45) is 1.77. The van der Waals surface area contributed by atoms with Gasteiger partial charge in [-0.25, -0.2) is 0 Å². The fraction of sp³-hybridized carbons (Fsp3) is 0.231. The Morgan fingerprint density at radius 1 is 1.39 bits per heavy atom. The van der Waals surface area contributed by atoms with E-state index in [-0.39, 0.29) is 5.78 Å². The molecule has 5 heteroatoms. The number of methoxy groups -OCH3 is 1. The number of carbonyl (C=O) groups excluding carboxylic acids is 1. The van der Waals surface area contributed by atoms with Crippen molar-refractivity contribution in [2.45, 2.75) is 6.42 Å². The van der Waals surface area contributed by atoms with Crippen LogP contribution < -0.4 is 4.74 Å². The monoisotopic (exact) mass is 264 g/mol. The third-order valence-electron chi connectivity index (χ3n) is 2.68. The summed E-state index contributed by atoms with van der Waals surface area (Å²) in [5, 5.41) is 4.34. The Hall–Kier alpha value is -1.81. The maximum Gasteiger partial charge on any atom is 0.186 e. The Bertz CT molecular complexity index is 541. The Balaban J connectivity index is 2.16. The highest BCUT2D eigenvalue weighted by atomic mass is 35.5. The lowest BCUT2D eigenvalue weighted by Gasteiger charge is -2.04. The number of benzene rings is 1. The summed E-state index contributed by atoms with van der Waals surface area (Å²) in [6.45, 7) is 0. The Morgan fingerprint density at radius 2 is 2.06 bits per heavy atom. The molecule has 0 aliphatic heterocycles. The molecule has 0 unspecified atom stereocenters. The van der Waals surface area contributed by atoms with E-state index < -0.39 is 0 Å². The van der Waals surface area contributed by atoms with Gasteiger partial charge in [-0.3, -0.25) is 9.48 Å². The first-order chi connectivity index (χ1) is 8.61. The quantitative estimate of drug-likeness (QED) is 0.797. The maximum atomic E-state index is 12.1. The highest BCUT2D eigenvalue weighted by Crippen LogP contribution is 2.18. The average Bonchev–Trinajstić information content (AvgIpc) is 2.70. The van der Waals surface area contributed by atoms with E-state index in [1.807, 2.05) is 24.3 Å². The summed E-state index contributed by atoms with van der Waals surface area (Å²) in [6, 6.07) is 7.38. The largest absolute Gasteiger partial charge is 0.497 e. The van der Waals surface area contributed by atoms with Crippen molar-refractivity contribution in [3.05, 3.63) is 46.7 Å². The van der Waals surface area contributed by atoms with Crippen LogP contribution in [0.15, 0.2) is 30.5 Å². The molecule has 0 aliphatic carbocycles. The van der Waals surface area contributed by atoms with E-state index in [0.717, 1.165) is 11.3 Å². The molecule has 0 bridgehead atoms. The fourth-order valence-electron chi connectivity index (χ4n) is 1.74. The molecule has 1 heterocycles. The second-order valence-electron chi connectivity index (χ2n) is 3.91. The van der Waals surface area contributed by atoms with Crippen molar-refractivity contribution in [2.75, 3.05) is 7.11 Å². The normalized spacial score (nSPS) is 10.4. The van der Waals surface area contributed by atoms with Gasteiger partial charge in [0.05, 0.1) is 18.3 Å². The lowest BCUT2D eigenvalue weighted by molar-refractivity contribution is 0.0984. The standard InChI is InChI=1S/C13H13ClN2O2/c1-16-13(11(14)8-15-16)12(17)7-9-3-5-10(18-2)6-4-9/h3-6,8H,7H2,1-2H3. The average molecular weight is 265 g/mol. The van der Waals surface area contributed by atoms with Crippen molar-refractivity contribution in [2.24, 2.45) is 7.05 Å². The van der Waals surface area contributed by atoms with E-state index in [1.165, 1.54) is 10.9 Å². The first-order valence-electron chi connectivity index (χ1n) is 5.45. The number of carbonyl (C=O) groups is 1. The number of ketones is 1. The Kier molecular flexibility index (Phi) is 3.67. The van der Waals surface area contributed by atoms with Crippen LogP contribution in [0.25, 0.3) is 0 Å². The molecule has 1 aromatic carbocycles. The van der Waals surface area contributed by atoms with E-state index in [9.17, 15) is 4.79 Å². The van der Waals surface area contributed by atoms with Crippen LogP contribution in [0.1, 0.15) is 16.1 Å². The molecule has 4 nitrogen and oxygen atoms in total. The highest BCUT2D eigenvalue weighted by molar-refractivity contribution is 6.33. The molecule has 18 heavy (non-hydrogen) atoms. The molecule has 0 saturated heterocycles. The van der Waals surface area contributed by atoms with Gasteiger partial charge in [0.1, 0.15) is 11.4 Å². The van der Waals surface area contributed by atoms with Gasteiger partial charge in [0.15, 0.2) is 5.78 Å². The third kappa shape index (κ3) is 2.54. The van der Waals surface area contributed by atoms with E-state index in [0.29, 0.717) is 17.1 Å². The summed E-state index contributed by atoms with van der Waals surface area (Å²) >= 11 is 5.93. The van der Waals surface area contributed by atoms with Crippen molar-refractivity contribution in [1.82, 2.24) is 9.78 Å². The predicted molar refractivity (Wildman–Crippen MR) is 69.2 cm³/mol. The van der Waals surface area contributed by atoms with Gasteiger partial charge in [-0.2, -0.15) is 5.10 Å². The zero-order valence-electron chi connectivity index (χ0n) is 10.2. The number of hydrogen-bond donors (Lipinski definition) is 0. The molecule has 0 atom stereocenters. The van der Waals surface area contributed by atoms with E-state index >= 15 is 0 Å². The number of rotatable bonds is 4. The van der Waals surface area contributed by atoms with Gasteiger partial charge in [-0.15, -0.1) is 0 Å². The molecule has 2 rings (SSSR count). The number of hydrogen-bond acceptors (Lipinski definition) is 3. The second-order valence-corrected chi connectivity index (χ2v) is 4.32. The molecule has 0 N–H and O–H groups in total. The molecule has 0 fully saturated rings. The van der Waals surface area contributed by atoms with Crippen molar-refractivity contribution in [1.29, 1.82) is 0 Å². The summed E-state index contributed by atoms with van der Waals surface area (Å²) < 4.78 is 6.56. The van der Waals surface area contributed by atoms with E-state index in [1.54, 1.807) is 14.2 Å². The Morgan fingerprint density at radius 3 is 2.56 bits per heavy atom. The molecule has 94 valence electrons. The molecule has 2 aromatic rings. The zero-order chi connectivity index (χ0) is 13.1. The third-order valence-corrected chi connectivity index (χ3v) is 2.96. The van der Waals surface area contributed by atoms with Crippen LogP contribution in [0.2, 0.25) is 5.02 Å². The second kappa shape index (κ2) is 5.23. The van der Waals surface area contributed by atoms with Crippen molar-refractivity contribution in [3.8, 4) is 5.75 Å². The molecule has 0 radical (unpaired) electrons. The van der Waals surface area contributed by atoms with E-state index in [2.05, 4.69) is 5.10 Å². The number of ether oxygens (including phenoxy) is 1. The summed E-state index contributed by atoms with van der Waals surface area (Å²) in [5.41, 5.74) is 1.35. The molecule has 0 saturated carbocycles. The SMILES string of the molecule is COc1ccc(CC(=O)c2c(Cl)cnn2C)cc1. The topological polar surface area (TPSA) is 44.1 Å². The van der Waals surface area contributed by atoms with Gasteiger partial charge in [0.25, 0.3) is 0 Å². The van der Waals surface area contributed by atoms with Crippen LogP contribution >= 0.6 is 11.6 Å². The molecule has 0 amide bonds. The van der Waals surface area contributed by atoms with Crippen LogP contribution in [0.5, 0.6) is 5.75 Å². The van der Waals surface area contributed by atoms with Gasteiger partial charge in [-0.05, 0) is 17.7 Å². The van der Waals surface area contributed by atoms with Gasteiger partial charge in [-0.1, -0.05) is 23.7 Å². The number of aromatic nitrogens is 2. The summed E-state index contributed by atoms with van der Waals surface area (Å²) in [5.74, 6) is 0.718. The minimum atomic E-state index is -0.0508. The zero-order valence-corrected chi connectivity index (χ0v) is 10.9. The van der Waals surface area contributed by atoms with Crippen molar-refractivity contribution < 1.29 is 9.53 Å². The van der Waals surface area contributed by atoms with Crippen LogP contribution in [-0.4, -0.2) is 22.7 Å². The first kappa shape index (κ1) is 12.6. The molecule has 1 aromatic heterocycles. The van der Waals surface area contributed by atoms with Crippen LogP contribution in [0.4, 0.5) is 0 Å². The maximum absolute atomic E-state index is 12.1. The molecule has 0 aliphatic rings.